The summed E-state index contributed by atoms with van der Waals surface area (Å²) < 4.78 is 7.44. The number of ether oxygens (including phenoxy) is 1. The molecule has 7 nitrogen and oxygen atoms in total. The molecule has 0 aliphatic rings. The van der Waals surface area contributed by atoms with Gasteiger partial charge in [-0.2, -0.15) is 10.2 Å². The van der Waals surface area contributed by atoms with Crippen LogP contribution in [-0.4, -0.2) is 51.0 Å². The highest BCUT2D eigenvalue weighted by Gasteiger charge is 2.19. The first-order valence-corrected chi connectivity index (χ1v) is 8.94. The van der Waals surface area contributed by atoms with Gasteiger partial charge in [-0.3, -0.25) is 14.6 Å². The maximum atomic E-state index is 12.6. The number of hydrogen-bond acceptors (Lipinski definition) is 4. The van der Waals surface area contributed by atoms with Crippen molar-refractivity contribution >= 4 is 17.5 Å². The molecule has 0 radical (unpaired) electrons. The molecule has 27 heavy (non-hydrogen) atoms. The minimum Gasteiger partial charge on any atom is -0.492 e. The molecule has 1 N–H and O–H groups in total. The minimum atomic E-state index is -0.150. The SMILES string of the molecule is Cc1nn(C)c(C)c1-c1cc(C(=O)N(C)CCOc2cccc(Cl)c2)[nH]n1. The van der Waals surface area contributed by atoms with Gasteiger partial charge in [-0.25, -0.2) is 0 Å². The molecule has 0 unspecified atom stereocenters. The maximum Gasteiger partial charge on any atom is 0.271 e. The fourth-order valence-electron chi connectivity index (χ4n) is 2.87. The van der Waals surface area contributed by atoms with E-state index in [1.165, 1.54) is 0 Å². The zero-order valence-electron chi connectivity index (χ0n) is 15.8. The molecule has 2 heterocycles. The quantitative estimate of drug-likeness (QED) is 0.704. The first-order valence-electron chi connectivity index (χ1n) is 8.56. The van der Waals surface area contributed by atoms with Gasteiger partial charge >= 0.3 is 0 Å². The molecule has 0 aliphatic carbocycles. The molecule has 0 aliphatic heterocycles. The summed E-state index contributed by atoms with van der Waals surface area (Å²) in [5.41, 5.74) is 3.97. The molecule has 0 saturated heterocycles. The van der Waals surface area contributed by atoms with Gasteiger partial charge in [-0.05, 0) is 38.1 Å². The van der Waals surface area contributed by atoms with Gasteiger partial charge in [0.1, 0.15) is 18.1 Å². The van der Waals surface area contributed by atoms with Crippen LogP contribution in [0.1, 0.15) is 21.9 Å². The van der Waals surface area contributed by atoms with Crippen LogP contribution in [0, 0.1) is 13.8 Å². The molecule has 1 aromatic carbocycles. The third-order valence-corrected chi connectivity index (χ3v) is 4.65. The van der Waals surface area contributed by atoms with Crippen LogP contribution in [-0.2, 0) is 7.05 Å². The molecule has 3 aromatic rings. The van der Waals surface area contributed by atoms with E-state index >= 15 is 0 Å². The van der Waals surface area contributed by atoms with Gasteiger partial charge in [-0.1, -0.05) is 17.7 Å². The smallest absolute Gasteiger partial charge is 0.271 e. The normalized spacial score (nSPS) is 10.9. The fourth-order valence-corrected chi connectivity index (χ4v) is 3.05. The summed E-state index contributed by atoms with van der Waals surface area (Å²) in [5, 5.41) is 12.1. The van der Waals surface area contributed by atoms with E-state index in [9.17, 15) is 4.79 Å². The lowest BCUT2D eigenvalue weighted by molar-refractivity contribution is 0.0768. The van der Waals surface area contributed by atoms with Crippen LogP contribution in [0.2, 0.25) is 5.02 Å². The summed E-state index contributed by atoms with van der Waals surface area (Å²) in [6.45, 7) is 4.71. The van der Waals surface area contributed by atoms with E-state index in [0.717, 1.165) is 17.0 Å². The summed E-state index contributed by atoms with van der Waals surface area (Å²) in [4.78, 5) is 14.2. The van der Waals surface area contributed by atoms with Gasteiger partial charge < -0.3 is 9.64 Å². The average Bonchev–Trinajstić information content (AvgIpc) is 3.19. The highest BCUT2D eigenvalue weighted by atomic mass is 35.5. The van der Waals surface area contributed by atoms with Gasteiger partial charge in [0.2, 0.25) is 0 Å². The molecule has 0 atom stereocenters. The number of benzene rings is 1. The first kappa shape index (κ1) is 19.0. The van der Waals surface area contributed by atoms with E-state index in [-0.39, 0.29) is 5.91 Å². The lowest BCUT2D eigenvalue weighted by atomic mass is 10.1. The molecule has 0 spiro atoms. The Hall–Kier alpha value is -2.80. The molecule has 3 rings (SSSR count). The van der Waals surface area contributed by atoms with Crippen molar-refractivity contribution in [3.8, 4) is 17.0 Å². The second-order valence-electron chi connectivity index (χ2n) is 6.37. The van der Waals surface area contributed by atoms with Crippen molar-refractivity contribution in [3.05, 3.63) is 52.4 Å². The number of aromatic nitrogens is 4. The highest BCUT2D eigenvalue weighted by molar-refractivity contribution is 6.30. The van der Waals surface area contributed by atoms with Gasteiger partial charge in [0.15, 0.2) is 0 Å². The Morgan fingerprint density at radius 2 is 2.11 bits per heavy atom. The zero-order valence-corrected chi connectivity index (χ0v) is 16.5. The summed E-state index contributed by atoms with van der Waals surface area (Å²) >= 11 is 5.93. The topological polar surface area (TPSA) is 76.0 Å². The molecule has 0 saturated carbocycles. The number of nitrogens with one attached hydrogen (secondary N) is 1. The predicted octanol–water partition coefficient (Wildman–Crippen LogP) is 3.23. The second-order valence-corrected chi connectivity index (χ2v) is 6.81. The number of rotatable bonds is 6. The maximum absolute atomic E-state index is 12.6. The Labute approximate surface area is 162 Å². The van der Waals surface area contributed by atoms with E-state index in [2.05, 4.69) is 15.3 Å². The van der Waals surface area contributed by atoms with E-state index in [1.807, 2.05) is 33.0 Å². The number of nitrogens with zero attached hydrogens (tertiary/aromatic N) is 4. The standard InChI is InChI=1S/C19H22ClN5O2/c1-12-18(13(2)25(4)23-12)16-11-17(22-21-16)19(26)24(3)8-9-27-15-7-5-6-14(20)10-15/h5-7,10-11H,8-9H2,1-4H3,(H,21,22). The molecule has 0 fully saturated rings. The molecule has 8 heteroatoms. The van der Waals surface area contributed by atoms with E-state index < -0.39 is 0 Å². The third-order valence-electron chi connectivity index (χ3n) is 4.41. The Morgan fingerprint density at radius 1 is 1.33 bits per heavy atom. The van der Waals surface area contributed by atoms with Crippen molar-refractivity contribution < 1.29 is 9.53 Å². The van der Waals surface area contributed by atoms with Gasteiger partial charge in [-0.15, -0.1) is 0 Å². The van der Waals surface area contributed by atoms with Crippen LogP contribution in [0.3, 0.4) is 0 Å². The Bertz CT molecular complexity index is 963. The molecule has 2 aromatic heterocycles. The van der Waals surface area contributed by atoms with Crippen molar-refractivity contribution in [1.82, 2.24) is 24.9 Å². The van der Waals surface area contributed by atoms with Crippen molar-refractivity contribution in [3.63, 3.8) is 0 Å². The summed E-state index contributed by atoms with van der Waals surface area (Å²) in [7, 11) is 3.61. The van der Waals surface area contributed by atoms with Gasteiger partial charge in [0, 0.05) is 30.4 Å². The van der Waals surface area contributed by atoms with Crippen molar-refractivity contribution in [1.29, 1.82) is 0 Å². The Kier molecular flexibility index (Phi) is 5.51. The number of aryl methyl sites for hydroxylation is 2. The number of hydrogen-bond donors (Lipinski definition) is 1. The van der Waals surface area contributed by atoms with Crippen molar-refractivity contribution in [2.24, 2.45) is 7.05 Å². The van der Waals surface area contributed by atoms with E-state index in [1.54, 1.807) is 34.8 Å². The second kappa shape index (κ2) is 7.84. The number of amides is 1. The lowest BCUT2D eigenvalue weighted by Gasteiger charge is -2.16. The molecular weight excluding hydrogens is 366 g/mol. The minimum absolute atomic E-state index is 0.150. The van der Waals surface area contributed by atoms with Crippen LogP contribution in [0.25, 0.3) is 11.3 Å². The number of carbonyl (C=O) groups excluding carboxylic acids is 1. The van der Waals surface area contributed by atoms with Crippen molar-refractivity contribution in [2.75, 3.05) is 20.2 Å². The first-order chi connectivity index (χ1) is 12.9. The molecule has 1 amide bonds. The zero-order chi connectivity index (χ0) is 19.6. The largest absolute Gasteiger partial charge is 0.492 e. The number of halogens is 1. The molecule has 142 valence electrons. The monoisotopic (exact) mass is 387 g/mol. The number of carbonyl (C=O) groups is 1. The number of H-pyrrole nitrogens is 1. The highest BCUT2D eigenvalue weighted by Crippen LogP contribution is 2.25. The van der Waals surface area contributed by atoms with Gasteiger partial charge in [0.05, 0.1) is 17.9 Å². The average molecular weight is 388 g/mol. The van der Waals surface area contributed by atoms with E-state index in [4.69, 9.17) is 16.3 Å². The van der Waals surface area contributed by atoms with Crippen molar-refractivity contribution in [2.45, 2.75) is 13.8 Å². The van der Waals surface area contributed by atoms with Crippen LogP contribution >= 0.6 is 11.6 Å². The number of aromatic amines is 1. The van der Waals surface area contributed by atoms with Crippen LogP contribution in [0.15, 0.2) is 30.3 Å². The van der Waals surface area contributed by atoms with Crippen LogP contribution in [0.5, 0.6) is 5.75 Å². The molecule has 0 bridgehead atoms. The third kappa shape index (κ3) is 4.14. The Balaban J connectivity index is 1.63. The Morgan fingerprint density at radius 3 is 2.78 bits per heavy atom. The van der Waals surface area contributed by atoms with Gasteiger partial charge in [0.25, 0.3) is 5.91 Å². The van der Waals surface area contributed by atoms with E-state index in [0.29, 0.717) is 35.3 Å². The number of likely N-dealkylation sites (N-methyl/N-ethyl adjacent to an activating group) is 1. The van der Waals surface area contributed by atoms with Crippen LogP contribution in [0.4, 0.5) is 0 Å². The lowest BCUT2D eigenvalue weighted by Crippen LogP contribution is -2.31. The molecular formula is C19H22ClN5O2. The van der Waals surface area contributed by atoms with Crippen LogP contribution < -0.4 is 4.74 Å². The summed E-state index contributed by atoms with van der Waals surface area (Å²) in [6, 6.07) is 8.93. The fraction of sp³-hybridized carbons (Fsp3) is 0.316. The summed E-state index contributed by atoms with van der Waals surface area (Å²) in [6.07, 6.45) is 0. The predicted molar refractivity (Wildman–Crippen MR) is 104 cm³/mol. The summed E-state index contributed by atoms with van der Waals surface area (Å²) in [5.74, 6) is 0.525.